The van der Waals surface area contributed by atoms with Crippen LogP contribution in [-0.4, -0.2) is 65.1 Å². The maximum Gasteiger partial charge on any atom is 0.225 e. The lowest BCUT2D eigenvalue weighted by Crippen LogP contribution is -2.47. The molecule has 0 bridgehead atoms. The molecule has 6 heteroatoms. The Morgan fingerprint density at radius 2 is 1.83 bits per heavy atom. The maximum absolute atomic E-state index is 12.7. The van der Waals surface area contributed by atoms with Gasteiger partial charge < -0.3 is 10.0 Å². The van der Waals surface area contributed by atoms with Crippen molar-refractivity contribution < 1.29 is 9.90 Å². The highest BCUT2D eigenvalue weighted by Crippen LogP contribution is 2.33. The number of aliphatic hydroxyl groups excluding tert-OH is 1. The van der Waals surface area contributed by atoms with Crippen molar-refractivity contribution in [3.8, 4) is 0 Å². The molecule has 2 heterocycles. The first-order valence-corrected chi connectivity index (χ1v) is 10.6. The Hall–Kier alpha value is -2.31. The fraction of sp³-hybridized carbons (Fsp3) is 0.522. The van der Waals surface area contributed by atoms with Crippen LogP contribution in [0.15, 0.2) is 30.5 Å². The lowest BCUT2D eigenvalue weighted by molar-refractivity contribution is 0.0962. The van der Waals surface area contributed by atoms with Gasteiger partial charge in [0.1, 0.15) is 0 Å². The topological polar surface area (TPSA) is 69.6 Å². The van der Waals surface area contributed by atoms with Crippen molar-refractivity contribution >= 4 is 11.7 Å². The van der Waals surface area contributed by atoms with Gasteiger partial charge in [0.15, 0.2) is 5.78 Å². The van der Waals surface area contributed by atoms with Crippen molar-refractivity contribution in [3.05, 3.63) is 52.8 Å². The lowest BCUT2D eigenvalue weighted by atomic mass is 9.81. The van der Waals surface area contributed by atoms with Crippen molar-refractivity contribution in [2.75, 3.05) is 44.2 Å². The first kappa shape index (κ1) is 20.0. The molecular weight excluding hydrogens is 364 g/mol. The molecule has 1 aliphatic heterocycles. The molecule has 4 rings (SSSR count). The fourth-order valence-corrected chi connectivity index (χ4v) is 4.29. The summed E-state index contributed by atoms with van der Waals surface area (Å²) in [6.45, 7) is 8.76. The first-order valence-electron chi connectivity index (χ1n) is 10.6. The van der Waals surface area contributed by atoms with E-state index in [1.807, 2.05) is 0 Å². The number of benzene rings is 1. The number of aliphatic hydroxyl groups is 1. The molecule has 1 fully saturated rings. The molecule has 1 atom stereocenters. The summed E-state index contributed by atoms with van der Waals surface area (Å²) in [7, 11) is 0. The molecule has 1 aromatic carbocycles. The average Bonchev–Trinajstić information content (AvgIpc) is 2.74. The zero-order valence-corrected chi connectivity index (χ0v) is 17.3. The van der Waals surface area contributed by atoms with Crippen LogP contribution >= 0.6 is 0 Å². The van der Waals surface area contributed by atoms with Gasteiger partial charge >= 0.3 is 0 Å². The van der Waals surface area contributed by atoms with E-state index in [0.29, 0.717) is 24.4 Å². The molecule has 1 N–H and O–H groups in total. The monoisotopic (exact) mass is 394 g/mol. The highest BCUT2D eigenvalue weighted by atomic mass is 16.3. The Morgan fingerprint density at radius 1 is 1.10 bits per heavy atom. The minimum atomic E-state index is 0.142. The largest absolute Gasteiger partial charge is 0.395 e. The Morgan fingerprint density at radius 3 is 2.48 bits per heavy atom. The number of fused-ring (bicyclic) bond motifs is 1. The van der Waals surface area contributed by atoms with Crippen LogP contribution in [0.1, 0.15) is 59.3 Å². The summed E-state index contributed by atoms with van der Waals surface area (Å²) in [6, 6.07) is 8.69. The smallest absolute Gasteiger partial charge is 0.225 e. The van der Waals surface area contributed by atoms with Gasteiger partial charge in [0, 0.05) is 45.3 Å². The van der Waals surface area contributed by atoms with E-state index in [2.05, 4.69) is 52.9 Å². The number of β-amino-alcohol motifs (C(OH)–C–C–N with tert-alkyl or cyclic N) is 1. The third-order valence-corrected chi connectivity index (χ3v) is 6.17. The van der Waals surface area contributed by atoms with Crippen LogP contribution in [0.5, 0.6) is 0 Å². The van der Waals surface area contributed by atoms with E-state index < -0.39 is 0 Å². The van der Waals surface area contributed by atoms with Gasteiger partial charge in [-0.2, -0.15) is 0 Å². The number of carbonyl (C=O) groups excluding carboxylic acids is 1. The van der Waals surface area contributed by atoms with Gasteiger partial charge in [-0.3, -0.25) is 9.69 Å². The Labute approximate surface area is 172 Å². The number of ketones is 1. The highest BCUT2D eigenvalue weighted by Gasteiger charge is 2.29. The van der Waals surface area contributed by atoms with E-state index in [1.165, 1.54) is 11.1 Å². The van der Waals surface area contributed by atoms with Crippen molar-refractivity contribution in [3.63, 3.8) is 0 Å². The van der Waals surface area contributed by atoms with E-state index in [0.717, 1.165) is 44.2 Å². The van der Waals surface area contributed by atoms with Gasteiger partial charge in [-0.15, -0.1) is 0 Å². The Kier molecular flexibility index (Phi) is 5.92. The molecule has 0 spiro atoms. The van der Waals surface area contributed by atoms with Crippen LogP contribution in [0, 0.1) is 0 Å². The van der Waals surface area contributed by atoms with Gasteiger partial charge in [-0.1, -0.05) is 38.1 Å². The number of hydrogen-bond donors (Lipinski definition) is 1. The Balaban J connectivity index is 1.50. The predicted molar refractivity (Wildman–Crippen MR) is 114 cm³/mol. The maximum atomic E-state index is 12.7. The molecule has 2 aromatic rings. The molecule has 1 saturated heterocycles. The number of Topliss-reactive ketones (excluding diaryl/α,β-unsaturated/α-hetero) is 1. The van der Waals surface area contributed by atoms with E-state index in [9.17, 15) is 4.79 Å². The molecule has 0 saturated carbocycles. The van der Waals surface area contributed by atoms with Gasteiger partial charge in [0.2, 0.25) is 5.95 Å². The number of aromatic nitrogens is 2. The normalized spacial score (nSPS) is 20.2. The van der Waals surface area contributed by atoms with E-state index in [-0.39, 0.29) is 18.3 Å². The van der Waals surface area contributed by atoms with Crippen LogP contribution in [0.3, 0.4) is 0 Å². The third kappa shape index (κ3) is 4.33. The minimum absolute atomic E-state index is 0.142. The fourth-order valence-electron chi connectivity index (χ4n) is 4.29. The van der Waals surface area contributed by atoms with Gasteiger partial charge in [0.25, 0.3) is 0 Å². The third-order valence-electron chi connectivity index (χ3n) is 6.17. The van der Waals surface area contributed by atoms with Crippen LogP contribution in [0.25, 0.3) is 0 Å². The predicted octanol–water partition coefficient (Wildman–Crippen LogP) is 2.63. The molecular formula is C23H30N4O2. The van der Waals surface area contributed by atoms with Gasteiger partial charge in [0.05, 0.1) is 17.9 Å². The summed E-state index contributed by atoms with van der Waals surface area (Å²) in [4.78, 5) is 26.4. The summed E-state index contributed by atoms with van der Waals surface area (Å²) >= 11 is 0. The van der Waals surface area contributed by atoms with E-state index >= 15 is 0 Å². The first-order chi connectivity index (χ1) is 14.0. The zero-order chi connectivity index (χ0) is 20.4. The molecule has 1 aromatic heterocycles. The molecule has 2 aliphatic rings. The summed E-state index contributed by atoms with van der Waals surface area (Å²) in [5.74, 6) is 1.55. The van der Waals surface area contributed by atoms with Crippen LogP contribution < -0.4 is 4.90 Å². The van der Waals surface area contributed by atoms with Crippen molar-refractivity contribution in [2.45, 2.75) is 38.5 Å². The van der Waals surface area contributed by atoms with Crippen molar-refractivity contribution in [2.24, 2.45) is 0 Å². The summed E-state index contributed by atoms with van der Waals surface area (Å²) < 4.78 is 0. The van der Waals surface area contributed by atoms with Gasteiger partial charge in [-0.05, 0) is 29.4 Å². The number of rotatable bonds is 5. The Bertz CT molecular complexity index is 858. The SMILES string of the molecule is CC(C)c1ccc([C@H]2CC(=O)c3cnc(N4CCN(CCO)CC4)nc3C2)cc1. The van der Waals surface area contributed by atoms with Crippen molar-refractivity contribution in [1.82, 2.24) is 14.9 Å². The van der Waals surface area contributed by atoms with E-state index in [1.54, 1.807) is 6.20 Å². The summed E-state index contributed by atoms with van der Waals surface area (Å²) in [5.41, 5.74) is 4.09. The quantitative estimate of drug-likeness (QED) is 0.841. The molecule has 0 radical (unpaired) electrons. The van der Waals surface area contributed by atoms with Gasteiger partial charge in [-0.25, -0.2) is 9.97 Å². The van der Waals surface area contributed by atoms with Crippen molar-refractivity contribution in [1.29, 1.82) is 0 Å². The summed E-state index contributed by atoms with van der Waals surface area (Å²) in [6.07, 6.45) is 3.02. The number of nitrogens with zero attached hydrogens (tertiary/aromatic N) is 4. The number of anilines is 1. The summed E-state index contributed by atoms with van der Waals surface area (Å²) in [5, 5.41) is 9.11. The van der Waals surface area contributed by atoms with E-state index in [4.69, 9.17) is 10.1 Å². The standard InChI is InChI=1S/C23H30N4O2/c1-16(2)17-3-5-18(6-4-17)19-13-21-20(22(29)14-19)15-24-23(25-21)27-9-7-26(8-10-27)11-12-28/h3-6,15-16,19,28H,7-14H2,1-2H3/t19-/m1/s1. The number of hydrogen-bond acceptors (Lipinski definition) is 6. The molecule has 154 valence electrons. The molecule has 0 amide bonds. The molecule has 29 heavy (non-hydrogen) atoms. The number of piperazine rings is 1. The number of carbonyl (C=O) groups is 1. The van der Waals surface area contributed by atoms with Crippen LogP contribution in [0.2, 0.25) is 0 Å². The second-order valence-corrected chi connectivity index (χ2v) is 8.43. The lowest BCUT2D eigenvalue weighted by Gasteiger charge is -2.34. The molecule has 6 nitrogen and oxygen atoms in total. The second-order valence-electron chi connectivity index (χ2n) is 8.43. The second kappa shape index (κ2) is 8.59. The minimum Gasteiger partial charge on any atom is -0.395 e. The zero-order valence-electron chi connectivity index (χ0n) is 17.3. The average molecular weight is 395 g/mol. The molecule has 0 unspecified atom stereocenters. The molecule has 1 aliphatic carbocycles. The highest BCUT2D eigenvalue weighted by molar-refractivity contribution is 5.98. The van der Waals surface area contributed by atoms with Crippen LogP contribution in [-0.2, 0) is 6.42 Å². The van der Waals surface area contributed by atoms with Crippen LogP contribution in [0.4, 0.5) is 5.95 Å².